The molecule has 1 amide bonds. The predicted molar refractivity (Wildman–Crippen MR) is 72.2 cm³/mol. The second-order valence-electron chi connectivity index (χ2n) is 3.81. The molecule has 0 aromatic heterocycles. The van der Waals surface area contributed by atoms with E-state index in [1.54, 1.807) is 18.2 Å². The first-order chi connectivity index (χ1) is 9.11. The average Bonchev–Trinajstić information content (AvgIpc) is 2.38. The predicted octanol–water partition coefficient (Wildman–Crippen LogP) is 2.19. The number of nitrogens with two attached hydrogens (primary N) is 1. The molecule has 2 N–H and O–H groups in total. The zero-order valence-electron chi connectivity index (χ0n) is 10.3. The molecule has 1 rings (SSSR count). The van der Waals surface area contributed by atoms with Crippen LogP contribution in [-0.4, -0.2) is 23.9 Å². The molecule has 0 atom stereocenters. The van der Waals surface area contributed by atoms with E-state index in [2.05, 4.69) is 0 Å². The lowest BCUT2D eigenvalue weighted by Gasteiger charge is -2.21. The number of benzene rings is 1. The van der Waals surface area contributed by atoms with E-state index < -0.39 is 0 Å². The Morgan fingerprint density at radius 1 is 1.26 bits per heavy atom. The standard InChI is InChI=1S/C13H13ClN4O/c14-10-4-1-5-11(17)12(10)13(19)18(8-2-6-15)9-3-7-16/h1,4-5H,2-3,8-9,17H2. The van der Waals surface area contributed by atoms with Crippen molar-refractivity contribution in [3.8, 4) is 12.1 Å². The molecule has 1 aromatic rings. The van der Waals surface area contributed by atoms with Gasteiger partial charge in [0.2, 0.25) is 0 Å². The van der Waals surface area contributed by atoms with Crippen molar-refractivity contribution in [2.24, 2.45) is 0 Å². The van der Waals surface area contributed by atoms with Crippen molar-refractivity contribution in [3.63, 3.8) is 0 Å². The molecule has 6 heteroatoms. The summed E-state index contributed by atoms with van der Waals surface area (Å²) in [6, 6.07) is 8.76. The fourth-order valence-corrected chi connectivity index (χ4v) is 1.87. The number of halogens is 1. The lowest BCUT2D eigenvalue weighted by Crippen LogP contribution is -2.33. The number of anilines is 1. The first-order valence-electron chi connectivity index (χ1n) is 5.69. The average molecular weight is 277 g/mol. The summed E-state index contributed by atoms with van der Waals surface area (Å²) < 4.78 is 0. The van der Waals surface area contributed by atoms with Gasteiger partial charge < -0.3 is 10.6 Å². The normalized spacial score (nSPS) is 9.42. The summed E-state index contributed by atoms with van der Waals surface area (Å²) in [5, 5.41) is 17.5. The summed E-state index contributed by atoms with van der Waals surface area (Å²) in [6.07, 6.45) is 0.392. The Morgan fingerprint density at radius 2 is 1.84 bits per heavy atom. The number of nitrogens with zero attached hydrogens (tertiary/aromatic N) is 3. The van der Waals surface area contributed by atoms with Crippen LogP contribution in [-0.2, 0) is 0 Å². The van der Waals surface area contributed by atoms with Crippen molar-refractivity contribution in [1.29, 1.82) is 10.5 Å². The minimum atomic E-state index is -0.353. The highest BCUT2D eigenvalue weighted by Crippen LogP contribution is 2.23. The highest BCUT2D eigenvalue weighted by atomic mass is 35.5. The molecule has 0 saturated carbocycles. The van der Waals surface area contributed by atoms with Gasteiger partial charge in [0.05, 0.1) is 35.6 Å². The molecule has 0 aliphatic heterocycles. The second-order valence-corrected chi connectivity index (χ2v) is 4.22. The maximum atomic E-state index is 12.3. The van der Waals surface area contributed by atoms with Gasteiger partial charge in [0.25, 0.3) is 5.91 Å². The van der Waals surface area contributed by atoms with Gasteiger partial charge in [-0.3, -0.25) is 4.79 Å². The Morgan fingerprint density at radius 3 is 2.32 bits per heavy atom. The molecule has 0 saturated heterocycles. The van der Waals surface area contributed by atoms with E-state index in [0.717, 1.165) is 0 Å². The smallest absolute Gasteiger partial charge is 0.257 e. The van der Waals surface area contributed by atoms with Crippen LogP contribution in [0, 0.1) is 22.7 Å². The van der Waals surface area contributed by atoms with Crippen LogP contribution in [0.5, 0.6) is 0 Å². The number of carbonyl (C=O) groups excluding carboxylic acids is 1. The van der Waals surface area contributed by atoms with E-state index in [9.17, 15) is 4.79 Å². The molecule has 1 aromatic carbocycles. The molecule has 0 aliphatic carbocycles. The minimum Gasteiger partial charge on any atom is -0.398 e. The maximum Gasteiger partial charge on any atom is 0.257 e. The molecule has 0 bridgehead atoms. The summed E-state index contributed by atoms with van der Waals surface area (Å²) in [7, 11) is 0. The first-order valence-corrected chi connectivity index (χ1v) is 6.06. The van der Waals surface area contributed by atoms with Gasteiger partial charge in [-0.1, -0.05) is 17.7 Å². The number of nitriles is 2. The molecule has 5 nitrogen and oxygen atoms in total. The number of hydrogen-bond acceptors (Lipinski definition) is 4. The van der Waals surface area contributed by atoms with Crippen molar-refractivity contribution in [1.82, 2.24) is 4.90 Å². The highest BCUT2D eigenvalue weighted by Gasteiger charge is 2.20. The molecule has 0 unspecified atom stereocenters. The number of hydrogen-bond donors (Lipinski definition) is 1. The third kappa shape index (κ3) is 3.87. The van der Waals surface area contributed by atoms with Gasteiger partial charge >= 0.3 is 0 Å². The summed E-state index contributed by atoms with van der Waals surface area (Å²) in [5.41, 5.74) is 6.27. The van der Waals surface area contributed by atoms with E-state index in [0.29, 0.717) is 0 Å². The molecule has 19 heavy (non-hydrogen) atoms. The summed E-state index contributed by atoms with van der Waals surface area (Å²) in [6.45, 7) is 0.503. The van der Waals surface area contributed by atoms with Gasteiger partial charge in [-0.15, -0.1) is 0 Å². The van der Waals surface area contributed by atoms with Crippen molar-refractivity contribution >= 4 is 23.2 Å². The van der Waals surface area contributed by atoms with Crippen LogP contribution < -0.4 is 5.73 Å². The zero-order chi connectivity index (χ0) is 14.3. The van der Waals surface area contributed by atoms with Crippen LogP contribution in [0.4, 0.5) is 5.69 Å². The number of carbonyl (C=O) groups is 1. The third-order valence-electron chi connectivity index (χ3n) is 2.53. The number of nitrogen functional groups attached to an aromatic ring is 1. The number of amides is 1. The fourth-order valence-electron chi connectivity index (χ4n) is 1.61. The highest BCUT2D eigenvalue weighted by molar-refractivity contribution is 6.34. The topological polar surface area (TPSA) is 93.9 Å². The van der Waals surface area contributed by atoms with Gasteiger partial charge in [-0.25, -0.2) is 0 Å². The van der Waals surface area contributed by atoms with E-state index in [-0.39, 0.29) is 48.1 Å². The van der Waals surface area contributed by atoms with Crippen LogP contribution in [0.25, 0.3) is 0 Å². The number of rotatable bonds is 5. The van der Waals surface area contributed by atoms with Gasteiger partial charge in [0.1, 0.15) is 0 Å². The van der Waals surface area contributed by atoms with E-state index in [1.165, 1.54) is 4.90 Å². The van der Waals surface area contributed by atoms with Crippen molar-refractivity contribution < 1.29 is 4.79 Å². The van der Waals surface area contributed by atoms with E-state index >= 15 is 0 Å². The zero-order valence-corrected chi connectivity index (χ0v) is 11.0. The Labute approximate surface area is 116 Å². The van der Waals surface area contributed by atoms with Gasteiger partial charge in [-0.05, 0) is 12.1 Å². The Hall–Kier alpha value is -2.24. The lowest BCUT2D eigenvalue weighted by molar-refractivity contribution is 0.0763. The van der Waals surface area contributed by atoms with Crippen LogP contribution in [0.1, 0.15) is 23.2 Å². The van der Waals surface area contributed by atoms with Gasteiger partial charge in [-0.2, -0.15) is 10.5 Å². The summed E-state index contributed by atoms with van der Waals surface area (Å²) >= 11 is 5.98. The summed E-state index contributed by atoms with van der Waals surface area (Å²) in [5.74, 6) is -0.353. The summed E-state index contributed by atoms with van der Waals surface area (Å²) in [4.78, 5) is 13.8. The molecule has 0 radical (unpaired) electrons. The van der Waals surface area contributed by atoms with Gasteiger partial charge in [0.15, 0.2) is 0 Å². The fraction of sp³-hybridized carbons (Fsp3) is 0.308. The quantitative estimate of drug-likeness (QED) is 0.834. The maximum absolute atomic E-state index is 12.3. The molecule has 0 fully saturated rings. The van der Waals surface area contributed by atoms with E-state index in [1.807, 2.05) is 12.1 Å². The van der Waals surface area contributed by atoms with Crippen LogP contribution in [0.15, 0.2) is 18.2 Å². The SMILES string of the molecule is N#CCCN(CCC#N)C(=O)c1c(N)cccc1Cl. The molecule has 0 spiro atoms. The second kappa shape index (κ2) is 7.25. The molecule has 0 aliphatic rings. The minimum absolute atomic E-state index is 0.196. The molecule has 98 valence electrons. The first kappa shape index (κ1) is 14.8. The van der Waals surface area contributed by atoms with E-state index in [4.69, 9.17) is 27.9 Å². The Kier molecular flexibility index (Phi) is 5.66. The van der Waals surface area contributed by atoms with Crippen molar-refractivity contribution in [2.75, 3.05) is 18.8 Å². The Balaban J connectivity index is 2.99. The van der Waals surface area contributed by atoms with Crippen LogP contribution in [0.2, 0.25) is 5.02 Å². The molecular weight excluding hydrogens is 264 g/mol. The van der Waals surface area contributed by atoms with Crippen molar-refractivity contribution in [3.05, 3.63) is 28.8 Å². The van der Waals surface area contributed by atoms with Crippen molar-refractivity contribution in [2.45, 2.75) is 12.8 Å². The largest absolute Gasteiger partial charge is 0.398 e. The lowest BCUT2D eigenvalue weighted by atomic mass is 10.1. The molecule has 0 heterocycles. The van der Waals surface area contributed by atoms with Crippen LogP contribution >= 0.6 is 11.6 Å². The van der Waals surface area contributed by atoms with Crippen LogP contribution in [0.3, 0.4) is 0 Å². The molecular formula is C13H13ClN4O. The van der Waals surface area contributed by atoms with Gasteiger partial charge in [0, 0.05) is 18.8 Å². The monoisotopic (exact) mass is 276 g/mol. The Bertz CT molecular complexity index is 506. The third-order valence-corrected chi connectivity index (χ3v) is 2.85.